The number of nitrogens with zero attached hydrogens (tertiary/aromatic N) is 1. The molecular formula is C10H10INOS. The maximum Gasteiger partial charge on any atom is 0.0768 e. The first-order valence-electron chi connectivity index (χ1n) is 4.31. The van der Waals surface area contributed by atoms with Crippen LogP contribution in [0.4, 0.5) is 0 Å². The predicted molar refractivity (Wildman–Crippen MR) is 69.6 cm³/mol. The summed E-state index contributed by atoms with van der Waals surface area (Å²) in [5, 5.41) is 10.7. The molecule has 0 saturated heterocycles. The summed E-state index contributed by atoms with van der Waals surface area (Å²) in [6, 6.07) is 8.05. The van der Waals surface area contributed by atoms with Crippen LogP contribution in [0.1, 0.15) is 18.6 Å². The quantitative estimate of drug-likeness (QED) is 0.857. The standard InChI is InChI=1S/C10H10INOS/c1-7(13)8-3-2-4-10-9(8)5-6-12(10)14-11/h2-7,13H,1H3. The SMILES string of the molecule is CC(O)c1cccc2c1ccn2SI. The zero-order valence-corrected chi connectivity index (χ0v) is 10.6. The van der Waals surface area contributed by atoms with Gasteiger partial charge in [-0.15, -0.1) is 0 Å². The first kappa shape index (κ1) is 10.3. The fourth-order valence-electron chi connectivity index (χ4n) is 1.59. The molecule has 0 spiro atoms. The van der Waals surface area contributed by atoms with Gasteiger partial charge < -0.3 is 5.11 Å². The van der Waals surface area contributed by atoms with Crippen molar-refractivity contribution in [1.29, 1.82) is 0 Å². The molecule has 4 heteroatoms. The summed E-state index contributed by atoms with van der Waals surface area (Å²) in [4.78, 5) is 0. The van der Waals surface area contributed by atoms with Gasteiger partial charge in [0.2, 0.25) is 0 Å². The van der Waals surface area contributed by atoms with Crippen molar-refractivity contribution in [3.8, 4) is 0 Å². The topological polar surface area (TPSA) is 25.2 Å². The van der Waals surface area contributed by atoms with Crippen LogP contribution in [0.2, 0.25) is 0 Å². The van der Waals surface area contributed by atoms with Crippen LogP contribution in [0, 0.1) is 0 Å². The second kappa shape index (κ2) is 4.12. The average Bonchev–Trinajstić information content (AvgIpc) is 2.59. The molecule has 0 saturated carbocycles. The van der Waals surface area contributed by atoms with Crippen molar-refractivity contribution in [2.75, 3.05) is 0 Å². The van der Waals surface area contributed by atoms with Crippen LogP contribution in [-0.2, 0) is 0 Å². The molecule has 0 amide bonds. The average molecular weight is 319 g/mol. The van der Waals surface area contributed by atoms with Crippen molar-refractivity contribution in [3.05, 3.63) is 36.0 Å². The lowest BCUT2D eigenvalue weighted by Crippen LogP contribution is -1.91. The Morgan fingerprint density at radius 1 is 1.43 bits per heavy atom. The Balaban J connectivity index is 2.70. The summed E-state index contributed by atoms with van der Waals surface area (Å²) >= 11 is 2.24. The van der Waals surface area contributed by atoms with E-state index >= 15 is 0 Å². The highest BCUT2D eigenvalue weighted by atomic mass is 127. The van der Waals surface area contributed by atoms with Crippen LogP contribution in [0.15, 0.2) is 30.5 Å². The number of hydrogen-bond acceptors (Lipinski definition) is 2. The summed E-state index contributed by atoms with van der Waals surface area (Å²) in [7, 11) is 1.63. The molecule has 14 heavy (non-hydrogen) atoms. The van der Waals surface area contributed by atoms with Crippen LogP contribution < -0.4 is 0 Å². The van der Waals surface area contributed by atoms with Gasteiger partial charge in [0, 0.05) is 41.9 Å². The minimum absolute atomic E-state index is 0.409. The Morgan fingerprint density at radius 3 is 2.86 bits per heavy atom. The van der Waals surface area contributed by atoms with E-state index in [9.17, 15) is 5.11 Å². The monoisotopic (exact) mass is 319 g/mol. The fraction of sp³-hybridized carbons (Fsp3) is 0.200. The molecular weight excluding hydrogens is 309 g/mol. The highest BCUT2D eigenvalue weighted by Crippen LogP contribution is 2.29. The van der Waals surface area contributed by atoms with Gasteiger partial charge in [-0.1, -0.05) is 12.1 Å². The number of fused-ring (bicyclic) bond motifs is 1. The van der Waals surface area contributed by atoms with E-state index in [1.807, 2.05) is 24.4 Å². The third kappa shape index (κ3) is 1.66. The zero-order chi connectivity index (χ0) is 10.1. The molecule has 1 unspecified atom stereocenters. The van der Waals surface area contributed by atoms with E-state index in [2.05, 4.69) is 31.2 Å². The second-order valence-corrected chi connectivity index (χ2v) is 4.88. The lowest BCUT2D eigenvalue weighted by Gasteiger charge is -2.06. The normalized spacial score (nSPS) is 13.4. The van der Waals surface area contributed by atoms with Gasteiger partial charge in [0.25, 0.3) is 0 Å². The lowest BCUT2D eigenvalue weighted by molar-refractivity contribution is 0.201. The molecule has 0 aliphatic carbocycles. The molecule has 1 N–H and O–H groups in total. The van der Waals surface area contributed by atoms with Crippen molar-refractivity contribution < 1.29 is 5.11 Å². The molecule has 0 fully saturated rings. The molecule has 2 rings (SSSR count). The molecule has 1 aromatic heterocycles. The van der Waals surface area contributed by atoms with Gasteiger partial charge in [-0.3, -0.25) is 3.97 Å². The molecule has 1 heterocycles. The first-order chi connectivity index (χ1) is 6.74. The summed E-state index contributed by atoms with van der Waals surface area (Å²) in [5.74, 6) is 0. The van der Waals surface area contributed by atoms with Crippen molar-refractivity contribution in [2.45, 2.75) is 13.0 Å². The van der Waals surface area contributed by atoms with Crippen LogP contribution in [0.5, 0.6) is 0 Å². The molecule has 74 valence electrons. The van der Waals surface area contributed by atoms with Gasteiger partial charge >= 0.3 is 0 Å². The highest BCUT2D eigenvalue weighted by Gasteiger charge is 2.08. The Morgan fingerprint density at radius 2 is 2.21 bits per heavy atom. The van der Waals surface area contributed by atoms with E-state index < -0.39 is 6.10 Å². The summed E-state index contributed by atoms with van der Waals surface area (Å²) in [6.45, 7) is 1.79. The number of aromatic nitrogens is 1. The zero-order valence-electron chi connectivity index (χ0n) is 7.64. The van der Waals surface area contributed by atoms with Gasteiger partial charge in [0.1, 0.15) is 0 Å². The van der Waals surface area contributed by atoms with Crippen molar-refractivity contribution in [2.24, 2.45) is 0 Å². The van der Waals surface area contributed by atoms with Crippen LogP contribution in [0.25, 0.3) is 10.9 Å². The van der Waals surface area contributed by atoms with E-state index in [1.54, 1.807) is 16.0 Å². The molecule has 2 aromatic rings. The number of aliphatic hydroxyl groups excluding tert-OH is 1. The van der Waals surface area contributed by atoms with Gasteiger partial charge in [0.15, 0.2) is 0 Å². The summed E-state index contributed by atoms with van der Waals surface area (Å²) in [5.41, 5.74) is 2.15. The Bertz CT molecular complexity index is 452. The van der Waals surface area contributed by atoms with Crippen LogP contribution >= 0.6 is 30.3 Å². The molecule has 0 bridgehead atoms. The molecule has 0 radical (unpaired) electrons. The van der Waals surface area contributed by atoms with Gasteiger partial charge in [-0.25, -0.2) is 0 Å². The molecule has 1 aromatic carbocycles. The minimum atomic E-state index is -0.409. The second-order valence-electron chi connectivity index (χ2n) is 3.17. The van der Waals surface area contributed by atoms with Crippen LogP contribution in [0.3, 0.4) is 0 Å². The lowest BCUT2D eigenvalue weighted by atomic mass is 10.1. The van der Waals surface area contributed by atoms with E-state index in [1.165, 1.54) is 0 Å². The number of benzene rings is 1. The van der Waals surface area contributed by atoms with Crippen molar-refractivity contribution in [3.63, 3.8) is 0 Å². The number of aliphatic hydroxyl groups is 1. The van der Waals surface area contributed by atoms with E-state index in [0.717, 1.165) is 16.5 Å². The van der Waals surface area contributed by atoms with Crippen molar-refractivity contribution >= 4 is 41.2 Å². The van der Waals surface area contributed by atoms with Gasteiger partial charge in [-0.2, -0.15) is 0 Å². The van der Waals surface area contributed by atoms with E-state index in [4.69, 9.17) is 0 Å². The Kier molecular flexibility index (Phi) is 3.04. The number of rotatable bonds is 2. The summed E-state index contributed by atoms with van der Waals surface area (Å²) < 4.78 is 2.09. The molecule has 0 aliphatic heterocycles. The molecule has 1 atom stereocenters. The third-order valence-electron chi connectivity index (χ3n) is 2.26. The third-order valence-corrected chi connectivity index (χ3v) is 4.00. The first-order valence-corrected chi connectivity index (χ1v) is 7.63. The van der Waals surface area contributed by atoms with E-state index in [-0.39, 0.29) is 0 Å². The fourth-order valence-corrected chi connectivity index (χ4v) is 2.96. The Hall–Kier alpha value is -0.200. The van der Waals surface area contributed by atoms with Crippen molar-refractivity contribution in [1.82, 2.24) is 3.97 Å². The van der Waals surface area contributed by atoms with Crippen LogP contribution in [-0.4, -0.2) is 9.08 Å². The van der Waals surface area contributed by atoms with Gasteiger partial charge in [0.05, 0.1) is 11.6 Å². The number of hydrogen-bond donors (Lipinski definition) is 1. The highest BCUT2D eigenvalue weighted by molar-refractivity contribution is 14.2. The van der Waals surface area contributed by atoms with Gasteiger partial charge in [-0.05, 0) is 24.6 Å². The molecule has 0 aliphatic rings. The maximum atomic E-state index is 9.59. The maximum absolute atomic E-state index is 9.59. The number of halogens is 1. The molecule has 2 nitrogen and oxygen atoms in total. The van der Waals surface area contributed by atoms with E-state index in [0.29, 0.717) is 0 Å². The minimum Gasteiger partial charge on any atom is -0.389 e. The Labute approximate surface area is 99.0 Å². The smallest absolute Gasteiger partial charge is 0.0768 e. The summed E-state index contributed by atoms with van der Waals surface area (Å²) in [6.07, 6.45) is 1.61. The predicted octanol–water partition coefficient (Wildman–Crippen LogP) is 3.54. The largest absolute Gasteiger partial charge is 0.389 e.